The molecule has 0 unspecified atom stereocenters. The number of thiophene rings is 2. The van der Waals surface area contributed by atoms with E-state index in [1.807, 2.05) is 17.5 Å². The van der Waals surface area contributed by atoms with E-state index in [4.69, 9.17) is 4.74 Å². The second-order valence-electron chi connectivity index (χ2n) is 5.72. The standard InChI is InChI=1S/C20H16N2O5S2/c1-2-27-20(24)19-16(21-18(23)9-8-15-7-4-10-28-15)12-17(29-19)13-5-3-6-14(11-13)22(25)26/h3-12H,2H2,1H3,(H,21,23). The monoisotopic (exact) mass is 428 g/mol. The third kappa shape index (κ3) is 5.15. The van der Waals surface area contributed by atoms with E-state index in [0.29, 0.717) is 16.1 Å². The first-order valence-corrected chi connectivity index (χ1v) is 10.3. The number of nitrogens with one attached hydrogen (secondary N) is 1. The van der Waals surface area contributed by atoms with Gasteiger partial charge in [0, 0.05) is 28.0 Å². The molecule has 148 valence electrons. The number of nitro benzene ring substituents is 1. The first-order chi connectivity index (χ1) is 14.0. The van der Waals surface area contributed by atoms with Gasteiger partial charge in [0.1, 0.15) is 4.88 Å². The lowest BCUT2D eigenvalue weighted by Crippen LogP contribution is -2.11. The van der Waals surface area contributed by atoms with E-state index in [-0.39, 0.29) is 17.2 Å². The van der Waals surface area contributed by atoms with Crippen molar-refractivity contribution in [2.45, 2.75) is 6.92 Å². The normalized spacial score (nSPS) is 10.8. The van der Waals surface area contributed by atoms with Gasteiger partial charge in [-0.1, -0.05) is 18.2 Å². The van der Waals surface area contributed by atoms with Gasteiger partial charge >= 0.3 is 5.97 Å². The average Bonchev–Trinajstić information content (AvgIpc) is 3.36. The minimum absolute atomic E-state index is 0.0574. The average molecular weight is 428 g/mol. The van der Waals surface area contributed by atoms with Crippen LogP contribution in [0.3, 0.4) is 0 Å². The molecule has 1 aromatic carbocycles. The van der Waals surface area contributed by atoms with Crippen LogP contribution >= 0.6 is 22.7 Å². The van der Waals surface area contributed by atoms with Gasteiger partial charge in [0.15, 0.2) is 0 Å². The van der Waals surface area contributed by atoms with Crippen LogP contribution in [0.25, 0.3) is 16.5 Å². The molecule has 0 saturated heterocycles. The SMILES string of the molecule is CCOC(=O)c1sc(-c2cccc([N+](=O)[O-])c2)cc1NC(=O)C=Cc1cccs1. The van der Waals surface area contributed by atoms with E-state index >= 15 is 0 Å². The van der Waals surface area contributed by atoms with E-state index in [0.717, 1.165) is 16.2 Å². The van der Waals surface area contributed by atoms with Gasteiger partial charge in [-0.3, -0.25) is 14.9 Å². The zero-order chi connectivity index (χ0) is 20.8. The number of rotatable bonds is 7. The van der Waals surface area contributed by atoms with Gasteiger partial charge in [0.2, 0.25) is 5.91 Å². The molecule has 9 heteroatoms. The first-order valence-electron chi connectivity index (χ1n) is 8.56. The molecule has 0 bridgehead atoms. The maximum atomic E-state index is 12.3. The van der Waals surface area contributed by atoms with Crippen molar-refractivity contribution in [1.82, 2.24) is 0 Å². The van der Waals surface area contributed by atoms with Gasteiger partial charge in [0.05, 0.1) is 17.2 Å². The number of hydrogen-bond donors (Lipinski definition) is 1. The fraction of sp³-hybridized carbons (Fsp3) is 0.100. The molecule has 0 radical (unpaired) electrons. The number of nitrogens with zero attached hydrogens (tertiary/aromatic N) is 1. The Bertz CT molecular complexity index is 1070. The Kier molecular flexibility index (Phi) is 6.53. The van der Waals surface area contributed by atoms with Crippen LogP contribution in [0, 0.1) is 10.1 Å². The first kappa shape index (κ1) is 20.4. The lowest BCUT2D eigenvalue weighted by Gasteiger charge is -2.03. The van der Waals surface area contributed by atoms with Crippen molar-refractivity contribution in [2.24, 2.45) is 0 Å². The molecule has 0 spiro atoms. The molecule has 7 nitrogen and oxygen atoms in total. The summed E-state index contributed by atoms with van der Waals surface area (Å²) in [6.07, 6.45) is 3.06. The molecule has 1 N–H and O–H groups in total. The van der Waals surface area contributed by atoms with Crippen LogP contribution in [0.15, 0.2) is 53.9 Å². The van der Waals surface area contributed by atoms with E-state index in [9.17, 15) is 19.7 Å². The number of non-ortho nitro benzene ring substituents is 1. The highest BCUT2D eigenvalue weighted by molar-refractivity contribution is 7.18. The van der Waals surface area contributed by atoms with Gasteiger partial charge in [0.25, 0.3) is 5.69 Å². The maximum Gasteiger partial charge on any atom is 0.350 e. The molecule has 0 aliphatic rings. The predicted octanol–water partition coefficient (Wildman–Crippen LogP) is 5.21. The van der Waals surface area contributed by atoms with Crippen LogP contribution in [0.5, 0.6) is 0 Å². The quantitative estimate of drug-likeness (QED) is 0.241. The Hall–Kier alpha value is -3.30. The van der Waals surface area contributed by atoms with Crippen molar-refractivity contribution in [3.8, 4) is 10.4 Å². The summed E-state index contributed by atoms with van der Waals surface area (Å²) in [4.78, 5) is 36.9. The molecule has 1 amide bonds. The van der Waals surface area contributed by atoms with Crippen molar-refractivity contribution < 1.29 is 19.2 Å². The molecule has 3 aromatic rings. The summed E-state index contributed by atoms with van der Waals surface area (Å²) in [5.41, 5.74) is 0.818. The second kappa shape index (κ2) is 9.26. The van der Waals surface area contributed by atoms with Crippen LogP contribution in [-0.2, 0) is 9.53 Å². The van der Waals surface area contributed by atoms with Gasteiger partial charge in [-0.05, 0) is 36.1 Å². The number of esters is 1. The highest BCUT2D eigenvalue weighted by Gasteiger charge is 2.20. The zero-order valence-electron chi connectivity index (χ0n) is 15.3. The van der Waals surface area contributed by atoms with E-state index in [1.165, 1.54) is 29.5 Å². The Balaban J connectivity index is 1.90. The molecule has 0 fully saturated rings. The third-order valence-electron chi connectivity index (χ3n) is 3.73. The molecule has 0 atom stereocenters. The second-order valence-corrected chi connectivity index (χ2v) is 7.75. The number of carbonyl (C=O) groups excluding carboxylic acids is 2. The molecule has 0 aliphatic heterocycles. The minimum atomic E-state index is -0.563. The fourth-order valence-corrected chi connectivity index (χ4v) is 4.09. The molecular weight excluding hydrogens is 412 g/mol. The maximum absolute atomic E-state index is 12.3. The summed E-state index contributed by atoms with van der Waals surface area (Å²) in [6, 6.07) is 11.5. The topological polar surface area (TPSA) is 98.5 Å². The van der Waals surface area contributed by atoms with Crippen LogP contribution in [-0.4, -0.2) is 23.4 Å². The molecule has 2 heterocycles. The number of anilines is 1. The van der Waals surface area contributed by atoms with E-state index in [2.05, 4.69) is 5.32 Å². The largest absolute Gasteiger partial charge is 0.462 e. The van der Waals surface area contributed by atoms with Gasteiger partial charge in [-0.2, -0.15) is 0 Å². The molecule has 2 aromatic heterocycles. The Morgan fingerprint density at radius 3 is 2.76 bits per heavy atom. The van der Waals surface area contributed by atoms with Gasteiger partial charge in [-0.15, -0.1) is 22.7 Å². The van der Waals surface area contributed by atoms with Crippen LogP contribution in [0.1, 0.15) is 21.5 Å². The van der Waals surface area contributed by atoms with Gasteiger partial charge in [-0.25, -0.2) is 4.79 Å². The van der Waals surface area contributed by atoms with Crippen molar-refractivity contribution in [1.29, 1.82) is 0 Å². The Morgan fingerprint density at radius 2 is 2.07 bits per heavy atom. The number of carbonyl (C=O) groups is 2. The fourth-order valence-electron chi connectivity index (χ4n) is 2.47. The summed E-state index contributed by atoms with van der Waals surface area (Å²) in [7, 11) is 0. The lowest BCUT2D eigenvalue weighted by molar-refractivity contribution is -0.384. The summed E-state index contributed by atoms with van der Waals surface area (Å²) >= 11 is 2.60. The minimum Gasteiger partial charge on any atom is -0.462 e. The van der Waals surface area contributed by atoms with Gasteiger partial charge < -0.3 is 10.1 Å². The molecule has 0 aliphatic carbocycles. The Morgan fingerprint density at radius 1 is 1.24 bits per heavy atom. The summed E-state index contributed by atoms with van der Waals surface area (Å²) < 4.78 is 5.08. The summed E-state index contributed by atoms with van der Waals surface area (Å²) in [5.74, 6) is -0.959. The number of ether oxygens (including phenoxy) is 1. The summed E-state index contributed by atoms with van der Waals surface area (Å²) in [5, 5.41) is 15.6. The van der Waals surface area contributed by atoms with Crippen molar-refractivity contribution in [3.63, 3.8) is 0 Å². The van der Waals surface area contributed by atoms with Crippen LogP contribution in [0.2, 0.25) is 0 Å². The van der Waals surface area contributed by atoms with Crippen molar-refractivity contribution in [2.75, 3.05) is 11.9 Å². The lowest BCUT2D eigenvalue weighted by atomic mass is 10.1. The molecule has 3 rings (SSSR count). The zero-order valence-corrected chi connectivity index (χ0v) is 16.9. The highest BCUT2D eigenvalue weighted by atomic mass is 32.1. The molecular formula is C20H16N2O5S2. The Labute approximate surface area is 174 Å². The number of hydrogen-bond acceptors (Lipinski definition) is 7. The summed E-state index contributed by atoms with van der Waals surface area (Å²) in [6.45, 7) is 1.88. The number of nitro groups is 1. The van der Waals surface area contributed by atoms with E-state index < -0.39 is 16.8 Å². The predicted molar refractivity (Wildman–Crippen MR) is 114 cm³/mol. The molecule has 29 heavy (non-hydrogen) atoms. The van der Waals surface area contributed by atoms with Crippen molar-refractivity contribution in [3.05, 3.63) is 73.8 Å². The smallest absolute Gasteiger partial charge is 0.350 e. The third-order valence-corrected chi connectivity index (χ3v) is 5.74. The number of amides is 1. The van der Waals surface area contributed by atoms with Crippen LogP contribution < -0.4 is 5.32 Å². The van der Waals surface area contributed by atoms with Crippen molar-refractivity contribution >= 4 is 52.0 Å². The number of benzene rings is 1. The van der Waals surface area contributed by atoms with E-state index in [1.54, 1.807) is 31.2 Å². The molecule has 0 saturated carbocycles. The van der Waals surface area contributed by atoms with Crippen LogP contribution in [0.4, 0.5) is 11.4 Å². The highest BCUT2D eigenvalue weighted by Crippen LogP contribution is 2.36.